The minimum absolute atomic E-state index is 0.106. The molecule has 0 unspecified atom stereocenters. The number of benzene rings is 1. The van der Waals surface area contributed by atoms with Crippen LogP contribution in [-0.2, 0) is 4.79 Å². The number of aryl methyl sites for hydroxylation is 1. The topological polar surface area (TPSA) is 49.3 Å². The lowest BCUT2D eigenvalue weighted by Crippen LogP contribution is -2.32. The minimum atomic E-state index is -0.557. The number of amides is 1. The van der Waals surface area contributed by atoms with E-state index in [9.17, 15) is 9.90 Å². The highest BCUT2D eigenvalue weighted by Gasteiger charge is 2.24. The molecule has 0 aliphatic carbocycles. The van der Waals surface area contributed by atoms with Gasteiger partial charge in [0.15, 0.2) is 0 Å². The highest BCUT2D eigenvalue weighted by molar-refractivity contribution is 5.92. The number of rotatable bonds is 7. The summed E-state index contributed by atoms with van der Waals surface area (Å²) in [5.41, 5.74) is 1.79. The maximum atomic E-state index is 12.2. The van der Waals surface area contributed by atoms with E-state index in [2.05, 4.69) is 18.3 Å². The molecule has 1 aromatic carbocycles. The van der Waals surface area contributed by atoms with Crippen LogP contribution in [0.5, 0.6) is 0 Å². The van der Waals surface area contributed by atoms with Gasteiger partial charge >= 0.3 is 0 Å². The Kier molecular flexibility index (Phi) is 6.57. The van der Waals surface area contributed by atoms with Gasteiger partial charge in [-0.2, -0.15) is 0 Å². The van der Waals surface area contributed by atoms with Crippen LogP contribution in [0.1, 0.15) is 45.1 Å². The summed E-state index contributed by atoms with van der Waals surface area (Å²) >= 11 is 0. The Labute approximate surface area is 116 Å². The highest BCUT2D eigenvalue weighted by atomic mass is 16.3. The Bertz CT molecular complexity index is 403. The molecule has 19 heavy (non-hydrogen) atoms. The van der Waals surface area contributed by atoms with Gasteiger partial charge in [-0.25, -0.2) is 0 Å². The van der Waals surface area contributed by atoms with E-state index in [0.29, 0.717) is 12.8 Å². The molecule has 1 aromatic rings. The molecular formula is C16H24NO2. The van der Waals surface area contributed by atoms with Gasteiger partial charge in [-0.3, -0.25) is 4.79 Å². The predicted molar refractivity (Wildman–Crippen MR) is 78.0 cm³/mol. The second-order valence-electron chi connectivity index (χ2n) is 5.01. The van der Waals surface area contributed by atoms with Crippen LogP contribution in [0, 0.1) is 18.9 Å². The van der Waals surface area contributed by atoms with Crippen LogP contribution in [0.2, 0.25) is 0 Å². The van der Waals surface area contributed by atoms with E-state index < -0.39 is 6.10 Å². The van der Waals surface area contributed by atoms with Crippen molar-refractivity contribution in [3.8, 4) is 0 Å². The number of hydrogen-bond acceptors (Lipinski definition) is 2. The molecule has 0 saturated heterocycles. The van der Waals surface area contributed by atoms with Gasteiger partial charge in [-0.05, 0) is 43.5 Å². The molecule has 105 valence electrons. The second-order valence-corrected chi connectivity index (χ2v) is 5.01. The van der Waals surface area contributed by atoms with Crippen molar-refractivity contribution >= 4 is 11.6 Å². The lowest BCUT2D eigenvalue weighted by Gasteiger charge is -2.21. The van der Waals surface area contributed by atoms with Crippen LogP contribution in [0.4, 0.5) is 5.69 Å². The van der Waals surface area contributed by atoms with E-state index >= 15 is 0 Å². The van der Waals surface area contributed by atoms with Gasteiger partial charge in [-0.1, -0.05) is 32.8 Å². The van der Waals surface area contributed by atoms with E-state index in [1.165, 1.54) is 0 Å². The van der Waals surface area contributed by atoms with Crippen molar-refractivity contribution in [1.82, 2.24) is 0 Å². The van der Waals surface area contributed by atoms with Gasteiger partial charge in [-0.15, -0.1) is 0 Å². The second kappa shape index (κ2) is 7.95. The Hall–Kier alpha value is -1.35. The van der Waals surface area contributed by atoms with Gasteiger partial charge in [0.25, 0.3) is 0 Å². The summed E-state index contributed by atoms with van der Waals surface area (Å²) in [6.07, 6.45) is 2.75. The zero-order chi connectivity index (χ0) is 14.3. The third kappa shape index (κ3) is 5.03. The molecule has 0 aliphatic rings. The molecule has 0 fully saturated rings. The first-order chi connectivity index (χ1) is 9.08. The van der Waals surface area contributed by atoms with Crippen LogP contribution in [0.15, 0.2) is 18.2 Å². The number of unbranched alkanes of at least 4 members (excludes halogenated alkanes) is 1. The number of carbonyl (C=O) groups is 1. The summed E-state index contributed by atoms with van der Waals surface area (Å²) in [5.74, 6) is -0.447. The van der Waals surface area contributed by atoms with Crippen molar-refractivity contribution < 1.29 is 9.90 Å². The number of carbonyl (C=O) groups excluding carboxylic acids is 1. The average molecular weight is 262 g/mol. The standard InChI is InChI=1S/C16H24NO2/c1-4-6-10-15(18)14(5-2)16(19)17-13-9-7-8-12(3)11-13/h8-9,11,14-15,18H,4-6,10H2,1-3H3,(H,17,19)/t14-,15-/m0/s1. The molecular weight excluding hydrogens is 238 g/mol. The first-order valence-corrected chi connectivity index (χ1v) is 7.05. The zero-order valence-corrected chi connectivity index (χ0v) is 12.1. The predicted octanol–water partition coefficient (Wildman–Crippen LogP) is 3.31. The van der Waals surface area contributed by atoms with E-state index in [1.807, 2.05) is 26.0 Å². The van der Waals surface area contributed by atoms with Gasteiger partial charge < -0.3 is 10.4 Å². The number of hydrogen-bond donors (Lipinski definition) is 2. The average Bonchev–Trinajstić information content (AvgIpc) is 2.37. The van der Waals surface area contributed by atoms with Crippen LogP contribution >= 0.6 is 0 Å². The molecule has 2 atom stereocenters. The molecule has 1 amide bonds. The molecule has 0 aromatic heterocycles. The van der Waals surface area contributed by atoms with E-state index in [-0.39, 0.29) is 11.8 Å². The quantitative estimate of drug-likeness (QED) is 0.792. The molecule has 1 rings (SSSR count). The molecule has 2 N–H and O–H groups in total. The van der Waals surface area contributed by atoms with Crippen molar-refractivity contribution in [2.24, 2.45) is 5.92 Å². The molecule has 0 bridgehead atoms. The molecule has 0 saturated carbocycles. The van der Waals surface area contributed by atoms with Crippen LogP contribution in [0.25, 0.3) is 0 Å². The van der Waals surface area contributed by atoms with Gasteiger partial charge in [0.2, 0.25) is 5.91 Å². The molecule has 1 radical (unpaired) electrons. The third-order valence-corrected chi connectivity index (χ3v) is 3.30. The molecule has 3 nitrogen and oxygen atoms in total. The summed E-state index contributed by atoms with van der Waals surface area (Å²) in [6.45, 7) is 5.97. The first-order valence-electron chi connectivity index (χ1n) is 7.05. The Morgan fingerprint density at radius 1 is 1.42 bits per heavy atom. The maximum Gasteiger partial charge on any atom is 0.230 e. The summed E-state index contributed by atoms with van der Waals surface area (Å²) in [4.78, 5) is 12.2. The number of nitrogens with one attached hydrogen (secondary N) is 1. The Morgan fingerprint density at radius 2 is 2.16 bits per heavy atom. The third-order valence-electron chi connectivity index (χ3n) is 3.30. The Balaban J connectivity index is 2.63. The summed E-state index contributed by atoms with van der Waals surface area (Å²) < 4.78 is 0. The van der Waals surface area contributed by atoms with E-state index in [1.54, 1.807) is 6.07 Å². The summed E-state index contributed by atoms with van der Waals surface area (Å²) in [6, 6.07) is 8.49. The molecule has 0 aliphatic heterocycles. The Morgan fingerprint density at radius 3 is 2.74 bits per heavy atom. The van der Waals surface area contributed by atoms with Crippen LogP contribution < -0.4 is 5.32 Å². The smallest absolute Gasteiger partial charge is 0.230 e. The van der Waals surface area contributed by atoms with Crippen molar-refractivity contribution in [3.05, 3.63) is 29.8 Å². The molecule has 0 heterocycles. The molecule has 3 heteroatoms. The highest BCUT2D eigenvalue weighted by Crippen LogP contribution is 2.18. The fraction of sp³-hybridized carbons (Fsp3) is 0.562. The van der Waals surface area contributed by atoms with Crippen LogP contribution in [-0.4, -0.2) is 17.1 Å². The lowest BCUT2D eigenvalue weighted by atomic mass is 9.94. The number of anilines is 1. The normalized spacial score (nSPS) is 13.9. The number of aliphatic hydroxyl groups excluding tert-OH is 1. The summed E-state index contributed by atoms with van der Waals surface area (Å²) in [5, 5.41) is 12.9. The van der Waals surface area contributed by atoms with Crippen molar-refractivity contribution in [3.63, 3.8) is 0 Å². The maximum absolute atomic E-state index is 12.2. The fourth-order valence-corrected chi connectivity index (χ4v) is 2.15. The summed E-state index contributed by atoms with van der Waals surface area (Å²) in [7, 11) is 0. The molecule has 0 spiro atoms. The SMILES string of the molecule is CCCC[C@H](O)[C@H](CC)C(=O)Nc1c[c]cc(C)c1. The van der Waals surface area contributed by atoms with Crippen molar-refractivity contribution in [2.45, 2.75) is 52.6 Å². The van der Waals surface area contributed by atoms with Crippen molar-refractivity contribution in [2.75, 3.05) is 5.32 Å². The minimum Gasteiger partial charge on any atom is -0.392 e. The van der Waals surface area contributed by atoms with Crippen molar-refractivity contribution in [1.29, 1.82) is 0 Å². The van der Waals surface area contributed by atoms with Gasteiger partial charge in [0, 0.05) is 5.69 Å². The number of aliphatic hydroxyl groups is 1. The van der Waals surface area contributed by atoms with Gasteiger partial charge in [0.1, 0.15) is 0 Å². The van der Waals surface area contributed by atoms with E-state index in [4.69, 9.17) is 0 Å². The lowest BCUT2D eigenvalue weighted by molar-refractivity contribution is -0.123. The van der Waals surface area contributed by atoms with Gasteiger partial charge in [0.05, 0.1) is 12.0 Å². The largest absolute Gasteiger partial charge is 0.392 e. The van der Waals surface area contributed by atoms with Crippen LogP contribution in [0.3, 0.4) is 0 Å². The first kappa shape index (κ1) is 15.7. The fourth-order valence-electron chi connectivity index (χ4n) is 2.15. The van der Waals surface area contributed by atoms with E-state index in [0.717, 1.165) is 24.1 Å². The zero-order valence-electron chi connectivity index (χ0n) is 12.1. The monoisotopic (exact) mass is 262 g/mol.